The van der Waals surface area contributed by atoms with Crippen molar-refractivity contribution in [2.45, 2.75) is 19.4 Å². The van der Waals surface area contributed by atoms with Crippen LogP contribution in [0.15, 0.2) is 30.5 Å². The lowest BCUT2D eigenvalue weighted by Crippen LogP contribution is -2.25. The number of halogens is 1. The van der Waals surface area contributed by atoms with Gasteiger partial charge in [-0.1, -0.05) is 23.7 Å². The molecule has 1 amide bonds. The standard InChI is InChI=1S/C16H19ClN4O/c17-14-3-1-12(2-4-14)16-13(10-20-21-16)9-19-15(22)7-11-5-6-18-8-11/h1-4,10-11,18H,5-9H2,(H,19,22)(H,20,21)/t11-/m0/s1. The van der Waals surface area contributed by atoms with Gasteiger partial charge in [-0.25, -0.2) is 0 Å². The molecule has 6 heteroatoms. The van der Waals surface area contributed by atoms with E-state index in [2.05, 4.69) is 20.8 Å². The summed E-state index contributed by atoms with van der Waals surface area (Å²) in [5, 5.41) is 14.0. The summed E-state index contributed by atoms with van der Waals surface area (Å²) in [6.45, 7) is 2.43. The van der Waals surface area contributed by atoms with Crippen LogP contribution in [-0.4, -0.2) is 29.2 Å². The molecule has 3 rings (SSSR count). The van der Waals surface area contributed by atoms with E-state index in [1.807, 2.05) is 24.3 Å². The molecule has 1 aromatic carbocycles. The molecular formula is C16H19ClN4O. The lowest BCUT2D eigenvalue weighted by Gasteiger charge is -2.09. The molecule has 1 aromatic heterocycles. The monoisotopic (exact) mass is 318 g/mol. The molecular weight excluding hydrogens is 300 g/mol. The van der Waals surface area contributed by atoms with Crippen molar-refractivity contribution in [1.82, 2.24) is 20.8 Å². The zero-order valence-corrected chi connectivity index (χ0v) is 13.0. The van der Waals surface area contributed by atoms with E-state index in [1.165, 1.54) is 0 Å². The lowest BCUT2D eigenvalue weighted by atomic mass is 10.0. The van der Waals surface area contributed by atoms with Crippen LogP contribution in [0.3, 0.4) is 0 Å². The van der Waals surface area contributed by atoms with Crippen molar-refractivity contribution >= 4 is 17.5 Å². The fourth-order valence-corrected chi connectivity index (χ4v) is 2.85. The highest BCUT2D eigenvalue weighted by atomic mass is 35.5. The highest BCUT2D eigenvalue weighted by Gasteiger charge is 2.18. The first kappa shape index (κ1) is 15.1. The molecule has 0 radical (unpaired) electrons. The average Bonchev–Trinajstić information content (AvgIpc) is 3.17. The topological polar surface area (TPSA) is 69.8 Å². The Balaban J connectivity index is 1.60. The zero-order chi connectivity index (χ0) is 15.4. The van der Waals surface area contributed by atoms with Gasteiger partial charge in [0.05, 0.1) is 11.9 Å². The summed E-state index contributed by atoms with van der Waals surface area (Å²) < 4.78 is 0. The predicted molar refractivity (Wildman–Crippen MR) is 86.5 cm³/mol. The van der Waals surface area contributed by atoms with E-state index in [-0.39, 0.29) is 5.91 Å². The Labute approximate surface area is 134 Å². The van der Waals surface area contributed by atoms with Crippen molar-refractivity contribution in [1.29, 1.82) is 0 Å². The minimum atomic E-state index is 0.0944. The summed E-state index contributed by atoms with van der Waals surface area (Å²) in [5.41, 5.74) is 2.89. The number of hydrogen-bond donors (Lipinski definition) is 3. The number of aromatic amines is 1. The number of nitrogens with zero attached hydrogens (tertiary/aromatic N) is 1. The van der Waals surface area contributed by atoms with Crippen LogP contribution < -0.4 is 10.6 Å². The zero-order valence-electron chi connectivity index (χ0n) is 12.2. The predicted octanol–water partition coefficient (Wildman–Crippen LogP) is 2.35. The number of hydrogen-bond acceptors (Lipinski definition) is 3. The third-order valence-corrected chi connectivity index (χ3v) is 4.22. The van der Waals surface area contributed by atoms with E-state index in [0.717, 1.165) is 36.3 Å². The quantitative estimate of drug-likeness (QED) is 0.792. The van der Waals surface area contributed by atoms with Gasteiger partial charge in [-0.05, 0) is 43.1 Å². The molecule has 0 bridgehead atoms. The molecule has 1 atom stereocenters. The summed E-state index contributed by atoms with van der Waals surface area (Å²) >= 11 is 5.91. The van der Waals surface area contributed by atoms with Gasteiger partial charge < -0.3 is 10.6 Å². The lowest BCUT2D eigenvalue weighted by molar-refractivity contribution is -0.122. The van der Waals surface area contributed by atoms with Gasteiger partial charge in [0.25, 0.3) is 0 Å². The molecule has 1 aliphatic heterocycles. The van der Waals surface area contributed by atoms with Crippen molar-refractivity contribution in [3.05, 3.63) is 41.0 Å². The molecule has 2 aromatic rings. The Morgan fingerprint density at radius 2 is 2.18 bits per heavy atom. The highest BCUT2D eigenvalue weighted by Crippen LogP contribution is 2.23. The molecule has 0 saturated carbocycles. The van der Waals surface area contributed by atoms with Gasteiger partial charge in [0.15, 0.2) is 0 Å². The van der Waals surface area contributed by atoms with Crippen LogP contribution in [-0.2, 0) is 11.3 Å². The van der Waals surface area contributed by atoms with Gasteiger partial charge in [-0.15, -0.1) is 0 Å². The van der Waals surface area contributed by atoms with Crippen LogP contribution in [0.4, 0.5) is 0 Å². The van der Waals surface area contributed by atoms with Crippen LogP contribution in [0.25, 0.3) is 11.3 Å². The minimum absolute atomic E-state index is 0.0944. The minimum Gasteiger partial charge on any atom is -0.352 e. The number of H-pyrrole nitrogens is 1. The Kier molecular flexibility index (Phi) is 4.75. The van der Waals surface area contributed by atoms with Gasteiger partial charge in [0, 0.05) is 23.6 Å². The van der Waals surface area contributed by atoms with E-state index in [1.54, 1.807) is 6.20 Å². The van der Waals surface area contributed by atoms with Crippen LogP contribution >= 0.6 is 11.6 Å². The molecule has 22 heavy (non-hydrogen) atoms. The number of benzene rings is 1. The summed E-state index contributed by atoms with van der Waals surface area (Å²) in [6.07, 6.45) is 3.41. The van der Waals surface area contributed by atoms with E-state index >= 15 is 0 Å². The highest BCUT2D eigenvalue weighted by molar-refractivity contribution is 6.30. The van der Waals surface area contributed by atoms with Crippen molar-refractivity contribution in [3.8, 4) is 11.3 Å². The van der Waals surface area contributed by atoms with Crippen molar-refractivity contribution < 1.29 is 4.79 Å². The number of amides is 1. The maximum atomic E-state index is 12.0. The Morgan fingerprint density at radius 1 is 1.36 bits per heavy atom. The second-order valence-corrected chi connectivity index (χ2v) is 6.05. The number of carbonyl (C=O) groups is 1. The molecule has 2 heterocycles. The van der Waals surface area contributed by atoms with Crippen LogP contribution in [0.1, 0.15) is 18.4 Å². The summed E-state index contributed by atoms with van der Waals surface area (Å²) in [5.74, 6) is 0.553. The van der Waals surface area contributed by atoms with Gasteiger partial charge in [0.2, 0.25) is 5.91 Å². The third kappa shape index (κ3) is 3.67. The largest absolute Gasteiger partial charge is 0.352 e. The second-order valence-electron chi connectivity index (χ2n) is 5.62. The summed E-state index contributed by atoms with van der Waals surface area (Å²) in [7, 11) is 0. The SMILES string of the molecule is O=C(C[C@@H]1CCNC1)NCc1cn[nH]c1-c1ccc(Cl)cc1. The van der Waals surface area contributed by atoms with Crippen LogP contribution in [0.2, 0.25) is 5.02 Å². The fraction of sp³-hybridized carbons (Fsp3) is 0.375. The van der Waals surface area contributed by atoms with Gasteiger partial charge in [-0.2, -0.15) is 5.10 Å². The normalized spacial score (nSPS) is 17.6. The van der Waals surface area contributed by atoms with Crippen LogP contribution in [0.5, 0.6) is 0 Å². The molecule has 0 unspecified atom stereocenters. The third-order valence-electron chi connectivity index (χ3n) is 3.96. The molecule has 0 aliphatic carbocycles. The number of nitrogens with one attached hydrogen (secondary N) is 3. The number of carbonyl (C=O) groups excluding carboxylic acids is 1. The van der Waals surface area contributed by atoms with Crippen LogP contribution in [0, 0.1) is 5.92 Å². The van der Waals surface area contributed by atoms with Gasteiger partial charge in [0.1, 0.15) is 0 Å². The van der Waals surface area contributed by atoms with E-state index < -0.39 is 0 Å². The Hall–Kier alpha value is -1.85. The molecule has 3 N–H and O–H groups in total. The molecule has 116 valence electrons. The van der Waals surface area contributed by atoms with Gasteiger partial charge in [-0.3, -0.25) is 9.89 Å². The van der Waals surface area contributed by atoms with E-state index in [4.69, 9.17) is 11.6 Å². The molecule has 1 fully saturated rings. The van der Waals surface area contributed by atoms with Crippen molar-refractivity contribution in [3.63, 3.8) is 0 Å². The Bertz CT molecular complexity index is 632. The summed E-state index contributed by atoms with van der Waals surface area (Å²) in [4.78, 5) is 12.0. The first-order valence-corrected chi connectivity index (χ1v) is 7.86. The second kappa shape index (κ2) is 6.94. The Morgan fingerprint density at radius 3 is 2.91 bits per heavy atom. The number of rotatable bonds is 5. The smallest absolute Gasteiger partial charge is 0.220 e. The molecule has 1 saturated heterocycles. The number of aromatic nitrogens is 2. The molecule has 5 nitrogen and oxygen atoms in total. The fourth-order valence-electron chi connectivity index (χ4n) is 2.73. The molecule has 1 aliphatic rings. The molecule has 0 spiro atoms. The van der Waals surface area contributed by atoms with Gasteiger partial charge >= 0.3 is 0 Å². The van der Waals surface area contributed by atoms with Crippen molar-refractivity contribution in [2.75, 3.05) is 13.1 Å². The van der Waals surface area contributed by atoms with Crippen molar-refractivity contribution in [2.24, 2.45) is 5.92 Å². The first-order valence-electron chi connectivity index (χ1n) is 7.48. The average molecular weight is 319 g/mol. The van der Waals surface area contributed by atoms with E-state index in [9.17, 15) is 4.79 Å². The maximum Gasteiger partial charge on any atom is 0.220 e. The maximum absolute atomic E-state index is 12.0. The first-order chi connectivity index (χ1) is 10.7. The van der Waals surface area contributed by atoms with E-state index in [0.29, 0.717) is 23.9 Å². The summed E-state index contributed by atoms with van der Waals surface area (Å²) in [6, 6.07) is 7.55.